The van der Waals surface area contributed by atoms with Crippen LogP contribution >= 0.6 is 11.3 Å². The highest BCUT2D eigenvalue weighted by Gasteiger charge is 2.09. The zero-order chi connectivity index (χ0) is 8.32. The van der Waals surface area contributed by atoms with Crippen LogP contribution in [0.5, 0.6) is 0 Å². The highest BCUT2D eigenvalue weighted by Crippen LogP contribution is 2.08. The third-order valence-corrected chi connectivity index (χ3v) is 3.82. The van der Waals surface area contributed by atoms with Crippen molar-refractivity contribution in [3.05, 3.63) is 16.6 Å². The molecule has 0 aromatic carbocycles. The molecule has 3 nitrogen and oxygen atoms in total. The predicted molar refractivity (Wildman–Crippen MR) is 45.3 cm³/mol. The maximum absolute atomic E-state index is 11.0. The zero-order valence-electron chi connectivity index (χ0n) is 6.15. The molecule has 11 heavy (non-hydrogen) atoms. The summed E-state index contributed by atoms with van der Waals surface area (Å²) in [4.78, 5) is 3.89. The van der Waals surface area contributed by atoms with E-state index >= 15 is 0 Å². The molecule has 0 saturated carbocycles. The van der Waals surface area contributed by atoms with Gasteiger partial charge in [0.25, 0.3) is 0 Å². The van der Waals surface area contributed by atoms with Crippen LogP contribution < -0.4 is 0 Å². The minimum atomic E-state index is -2.89. The molecule has 0 spiro atoms. The van der Waals surface area contributed by atoms with Crippen LogP contribution in [0.3, 0.4) is 0 Å². The third kappa shape index (κ3) is 2.59. The molecule has 0 unspecified atom stereocenters. The van der Waals surface area contributed by atoms with Gasteiger partial charge < -0.3 is 0 Å². The van der Waals surface area contributed by atoms with E-state index in [0.717, 1.165) is 0 Å². The van der Waals surface area contributed by atoms with E-state index in [-0.39, 0.29) is 11.5 Å². The minimum absolute atomic E-state index is 0.0845. The smallest absolute Gasteiger partial charge is 0.156 e. The molecule has 1 heterocycles. The van der Waals surface area contributed by atoms with Crippen LogP contribution in [-0.4, -0.2) is 19.2 Å². The molecule has 1 aromatic rings. The van der Waals surface area contributed by atoms with E-state index in [0.29, 0.717) is 5.01 Å². The van der Waals surface area contributed by atoms with Crippen LogP contribution in [0.25, 0.3) is 0 Å². The second-order valence-corrected chi connectivity index (χ2v) is 5.43. The van der Waals surface area contributed by atoms with Gasteiger partial charge in [-0.2, -0.15) is 0 Å². The molecular weight excluding hydrogens is 182 g/mol. The summed E-state index contributed by atoms with van der Waals surface area (Å²) in [5, 5.41) is 2.45. The lowest BCUT2D eigenvalue weighted by Crippen LogP contribution is -2.05. The van der Waals surface area contributed by atoms with E-state index in [4.69, 9.17) is 0 Å². The molecule has 0 aliphatic carbocycles. The number of sulfone groups is 1. The Labute approximate surface area is 70.0 Å². The van der Waals surface area contributed by atoms with E-state index < -0.39 is 9.84 Å². The Hall–Kier alpha value is -0.420. The zero-order valence-corrected chi connectivity index (χ0v) is 7.78. The Bertz CT molecular complexity index is 301. The van der Waals surface area contributed by atoms with Gasteiger partial charge in [-0.05, 0) is 0 Å². The molecule has 1 rings (SSSR count). The van der Waals surface area contributed by atoms with E-state index in [9.17, 15) is 8.42 Å². The molecule has 0 radical (unpaired) electrons. The number of nitrogens with zero attached hydrogens (tertiary/aromatic N) is 1. The second-order valence-electron chi connectivity index (χ2n) is 2.10. The number of rotatable bonds is 3. The van der Waals surface area contributed by atoms with Crippen LogP contribution in [0.1, 0.15) is 11.9 Å². The summed E-state index contributed by atoms with van der Waals surface area (Å²) >= 11 is 1.37. The SMILES string of the molecule is CCS(=O)(=O)Cc1nccs1. The lowest BCUT2D eigenvalue weighted by Gasteiger charge is -1.94. The minimum Gasteiger partial charge on any atom is -0.249 e. The Kier molecular flexibility index (Phi) is 2.62. The van der Waals surface area contributed by atoms with Crippen LogP contribution in [0.2, 0.25) is 0 Å². The summed E-state index contributed by atoms with van der Waals surface area (Å²) in [6.45, 7) is 1.64. The lowest BCUT2D eigenvalue weighted by atomic mass is 10.8. The summed E-state index contributed by atoms with van der Waals surface area (Å²) in [6.07, 6.45) is 1.62. The van der Waals surface area contributed by atoms with Crippen molar-refractivity contribution in [2.24, 2.45) is 0 Å². The maximum atomic E-state index is 11.0. The fourth-order valence-electron chi connectivity index (χ4n) is 0.614. The van der Waals surface area contributed by atoms with Crippen molar-refractivity contribution in [1.82, 2.24) is 4.98 Å². The first-order chi connectivity index (χ1) is 5.14. The van der Waals surface area contributed by atoms with Gasteiger partial charge in [-0.1, -0.05) is 6.92 Å². The molecule has 0 N–H and O–H groups in total. The average molecular weight is 191 g/mol. The molecule has 0 fully saturated rings. The Morgan fingerprint density at radius 3 is 2.82 bits per heavy atom. The molecule has 5 heteroatoms. The van der Waals surface area contributed by atoms with Crippen molar-refractivity contribution in [3.8, 4) is 0 Å². The summed E-state index contributed by atoms with van der Waals surface area (Å²) in [5.41, 5.74) is 0. The maximum Gasteiger partial charge on any atom is 0.156 e. The van der Waals surface area contributed by atoms with Gasteiger partial charge in [0.2, 0.25) is 0 Å². The topological polar surface area (TPSA) is 47.0 Å². The van der Waals surface area contributed by atoms with Crippen LogP contribution in [0.4, 0.5) is 0 Å². The van der Waals surface area contributed by atoms with Gasteiger partial charge in [-0.3, -0.25) is 0 Å². The molecule has 0 saturated heterocycles. The molecule has 0 amide bonds. The number of hydrogen-bond acceptors (Lipinski definition) is 4. The first-order valence-corrected chi connectivity index (χ1v) is 5.93. The first-order valence-electron chi connectivity index (χ1n) is 3.23. The fourth-order valence-corrected chi connectivity index (χ4v) is 2.48. The van der Waals surface area contributed by atoms with E-state index in [1.54, 1.807) is 18.5 Å². The van der Waals surface area contributed by atoms with Crippen molar-refractivity contribution in [1.29, 1.82) is 0 Å². The van der Waals surface area contributed by atoms with Crippen LogP contribution in [0, 0.1) is 0 Å². The highest BCUT2D eigenvalue weighted by atomic mass is 32.2. The van der Waals surface area contributed by atoms with Gasteiger partial charge in [0.1, 0.15) is 10.8 Å². The van der Waals surface area contributed by atoms with Crippen molar-refractivity contribution in [2.75, 3.05) is 5.75 Å². The van der Waals surface area contributed by atoms with Gasteiger partial charge in [0.15, 0.2) is 9.84 Å². The normalized spacial score (nSPS) is 11.7. The quantitative estimate of drug-likeness (QED) is 0.718. The van der Waals surface area contributed by atoms with Crippen LogP contribution in [-0.2, 0) is 15.6 Å². The fraction of sp³-hybridized carbons (Fsp3) is 0.500. The van der Waals surface area contributed by atoms with E-state index in [2.05, 4.69) is 4.98 Å². The van der Waals surface area contributed by atoms with Crippen molar-refractivity contribution < 1.29 is 8.42 Å². The Morgan fingerprint density at radius 1 is 1.64 bits per heavy atom. The van der Waals surface area contributed by atoms with Crippen molar-refractivity contribution in [2.45, 2.75) is 12.7 Å². The van der Waals surface area contributed by atoms with Gasteiger partial charge in [0.05, 0.1) is 0 Å². The summed E-state index contributed by atoms with van der Waals surface area (Å²) < 4.78 is 22.1. The molecule has 0 atom stereocenters. The van der Waals surface area contributed by atoms with Crippen molar-refractivity contribution in [3.63, 3.8) is 0 Å². The molecule has 1 aromatic heterocycles. The van der Waals surface area contributed by atoms with Gasteiger partial charge >= 0.3 is 0 Å². The monoisotopic (exact) mass is 191 g/mol. The number of aromatic nitrogens is 1. The number of thiazole rings is 1. The summed E-state index contributed by atoms with van der Waals surface area (Å²) in [7, 11) is -2.89. The van der Waals surface area contributed by atoms with Crippen LogP contribution in [0.15, 0.2) is 11.6 Å². The highest BCUT2D eigenvalue weighted by molar-refractivity contribution is 7.90. The number of hydrogen-bond donors (Lipinski definition) is 0. The molecule has 0 bridgehead atoms. The molecule has 0 aliphatic rings. The molecule has 0 aliphatic heterocycles. The van der Waals surface area contributed by atoms with Gasteiger partial charge in [-0.25, -0.2) is 13.4 Å². The van der Waals surface area contributed by atoms with Gasteiger partial charge in [0, 0.05) is 17.3 Å². The Balaban J connectivity index is 2.72. The molecular formula is C6H9NO2S2. The standard InChI is InChI=1S/C6H9NO2S2/c1-2-11(8,9)5-6-7-3-4-10-6/h3-4H,2,5H2,1H3. The third-order valence-electron chi connectivity index (χ3n) is 1.27. The first kappa shape index (κ1) is 8.67. The average Bonchev–Trinajstić information content (AvgIpc) is 2.39. The van der Waals surface area contributed by atoms with Crippen molar-refractivity contribution >= 4 is 21.2 Å². The van der Waals surface area contributed by atoms with E-state index in [1.807, 2.05) is 0 Å². The predicted octanol–water partition coefficient (Wildman–Crippen LogP) is 1.08. The summed E-state index contributed by atoms with van der Waals surface area (Å²) in [5.74, 6) is 0.272. The Morgan fingerprint density at radius 2 is 2.36 bits per heavy atom. The molecule has 62 valence electrons. The van der Waals surface area contributed by atoms with Gasteiger partial charge in [-0.15, -0.1) is 11.3 Å². The largest absolute Gasteiger partial charge is 0.249 e. The van der Waals surface area contributed by atoms with E-state index in [1.165, 1.54) is 11.3 Å². The second kappa shape index (κ2) is 3.32. The summed E-state index contributed by atoms with van der Waals surface area (Å²) in [6, 6.07) is 0. The lowest BCUT2D eigenvalue weighted by molar-refractivity contribution is 0.596.